The van der Waals surface area contributed by atoms with Crippen molar-refractivity contribution in [1.82, 2.24) is 0 Å². The molecule has 0 saturated carbocycles. The van der Waals surface area contributed by atoms with Crippen LogP contribution >= 0.6 is 0 Å². The maximum atomic E-state index is 6.32. The molecule has 2 aromatic rings. The monoisotopic (exact) mass is 267 g/mol. The molecule has 0 aliphatic heterocycles. The van der Waals surface area contributed by atoms with Crippen LogP contribution in [0, 0.1) is 0 Å². The molecule has 2 N–H and O–H groups in total. The first kappa shape index (κ1) is 14.8. The minimum atomic E-state index is 0.0659. The predicted octanol–water partition coefficient (Wildman–Crippen LogP) is 4.62. The van der Waals surface area contributed by atoms with E-state index in [2.05, 4.69) is 69.3 Å². The minimum Gasteiger partial charge on any atom is -0.324 e. The van der Waals surface area contributed by atoms with E-state index in [0.717, 1.165) is 12.8 Å². The molecule has 0 fully saturated rings. The topological polar surface area (TPSA) is 26.0 Å². The van der Waals surface area contributed by atoms with Crippen molar-refractivity contribution in [3.05, 3.63) is 71.3 Å². The number of nitrogens with two attached hydrogens (primary N) is 1. The van der Waals surface area contributed by atoms with Crippen molar-refractivity contribution in [2.24, 2.45) is 5.73 Å². The van der Waals surface area contributed by atoms with E-state index < -0.39 is 0 Å². The quantitative estimate of drug-likeness (QED) is 0.840. The van der Waals surface area contributed by atoms with Crippen LogP contribution in [0.1, 0.15) is 49.9 Å². The summed E-state index contributed by atoms with van der Waals surface area (Å²) in [5.74, 6) is 0. The van der Waals surface area contributed by atoms with Crippen molar-refractivity contribution in [2.75, 3.05) is 0 Å². The Labute approximate surface area is 122 Å². The van der Waals surface area contributed by atoms with Crippen LogP contribution in [0.2, 0.25) is 0 Å². The van der Waals surface area contributed by atoms with Gasteiger partial charge in [-0.1, -0.05) is 75.4 Å². The Balaban J connectivity index is 2.10. The average molecular weight is 267 g/mol. The smallest absolute Gasteiger partial charge is 0.0335 e. The summed E-state index contributed by atoms with van der Waals surface area (Å²) in [7, 11) is 0. The second-order valence-electron chi connectivity index (χ2n) is 6.16. The van der Waals surface area contributed by atoms with Crippen LogP contribution in [-0.2, 0) is 11.8 Å². The maximum Gasteiger partial charge on any atom is 0.0335 e. The molecular weight excluding hydrogens is 242 g/mol. The van der Waals surface area contributed by atoms with Crippen molar-refractivity contribution in [1.29, 1.82) is 0 Å². The normalized spacial score (nSPS) is 13.2. The van der Waals surface area contributed by atoms with Crippen LogP contribution < -0.4 is 5.73 Å². The van der Waals surface area contributed by atoms with E-state index in [0.29, 0.717) is 0 Å². The lowest BCUT2D eigenvalue weighted by molar-refractivity contribution is 0.506. The van der Waals surface area contributed by atoms with Gasteiger partial charge in [0.1, 0.15) is 0 Å². The van der Waals surface area contributed by atoms with Gasteiger partial charge in [-0.3, -0.25) is 0 Å². The second kappa shape index (κ2) is 6.23. The first-order chi connectivity index (χ1) is 9.53. The summed E-state index contributed by atoms with van der Waals surface area (Å²) in [6.07, 6.45) is 2.03. The SMILES string of the molecule is CCC(C)(C)c1ccc(C(N)Cc2ccccc2)cc1. The lowest BCUT2D eigenvalue weighted by Gasteiger charge is -2.24. The van der Waals surface area contributed by atoms with Crippen LogP contribution in [0.3, 0.4) is 0 Å². The standard InChI is InChI=1S/C19H25N/c1-4-19(2,3)17-12-10-16(11-13-17)18(20)14-15-8-6-5-7-9-15/h5-13,18H,4,14,20H2,1-3H3. The molecule has 2 aromatic carbocycles. The third-order valence-corrected chi connectivity index (χ3v) is 4.30. The van der Waals surface area contributed by atoms with Crippen molar-refractivity contribution < 1.29 is 0 Å². The highest BCUT2D eigenvalue weighted by atomic mass is 14.6. The first-order valence-electron chi connectivity index (χ1n) is 7.43. The summed E-state index contributed by atoms with van der Waals surface area (Å²) in [5.41, 5.74) is 10.4. The van der Waals surface area contributed by atoms with E-state index in [1.54, 1.807) is 0 Å². The molecule has 2 rings (SSSR count). The van der Waals surface area contributed by atoms with E-state index in [4.69, 9.17) is 5.73 Å². The van der Waals surface area contributed by atoms with E-state index >= 15 is 0 Å². The Hall–Kier alpha value is -1.60. The zero-order valence-electron chi connectivity index (χ0n) is 12.8. The van der Waals surface area contributed by atoms with E-state index in [1.165, 1.54) is 16.7 Å². The van der Waals surface area contributed by atoms with Gasteiger partial charge in [-0.15, -0.1) is 0 Å². The fourth-order valence-electron chi connectivity index (χ4n) is 2.37. The third-order valence-electron chi connectivity index (χ3n) is 4.30. The van der Waals surface area contributed by atoms with Crippen LogP contribution in [0.15, 0.2) is 54.6 Å². The second-order valence-corrected chi connectivity index (χ2v) is 6.16. The van der Waals surface area contributed by atoms with Gasteiger partial charge >= 0.3 is 0 Å². The van der Waals surface area contributed by atoms with Crippen LogP contribution in [0.5, 0.6) is 0 Å². The fourth-order valence-corrected chi connectivity index (χ4v) is 2.37. The molecule has 0 spiro atoms. The maximum absolute atomic E-state index is 6.32. The molecule has 0 saturated heterocycles. The Morgan fingerprint density at radius 1 is 0.950 bits per heavy atom. The summed E-state index contributed by atoms with van der Waals surface area (Å²) in [5, 5.41) is 0. The van der Waals surface area contributed by atoms with Gasteiger partial charge < -0.3 is 5.73 Å². The van der Waals surface area contributed by atoms with Gasteiger partial charge in [-0.25, -0.2) is 0 Å². The van der Waals surface area contributed by atoms with E-state index in [9.17, 15) is 0 Å². The van der Waals surface area contributed by atoms with Crippen LogP contribution in [0.25, 0.3) is 0 Å². The zero-order chi connectivity index (χ0) is 14.6. The number of benzene rings is 2. The van der Waals surface area contributed by atoms with Crippen LogP contribution in [0.4, 0.5) is 0 Å². The minimum absolute atomic E-state index is 0.0659. The van der Waals surface area contributed by atoms with Crippen molar-refractivity contribution in [3.8, 4) is 0 Å². The molecule has 1 nitrogen and oxygen atoms in total. The summed E-state index contributed by atoms with van der Waals surface area (Å²) in [6.45, 7) is 6.80. The Morgan fingerprint density at radius 3 is 2.10 bits per heavy atom. The highest BCUT2D eigenvalue weighted by Gasteiger charge is 2.18. The van der Waals surface area contributed by atoms with E-state index in [-0.39, 0.29) is 11.5 Å². The lowest BCUT2D eigenvalue weighted by atomic mass is 9.81. The van der Waals surface area contributed by atoms with Gasteiger partial charge in [0.05, 0.1) is 0 Å². The highest BCUT2D eigenvalue weighted by molar-refractivity contribution is 5.30. The predicted molar refractivity (Wildman–Crippen MR) is 86.8 cm³/mol. The molecule has 1 unspecified atom stereocenters. The summed E-state index contributed by atoms with van der Waals surface area (Å²) in [4.78, 5) is 0. The largest absolute Gasteiger partial charge is 0.324 e. The molecule has 20 heavy (non-hydrogen) atoms. The molecule has 106 valence electrons. The molecule has 0 aromatic heterocycles. The fraction of sp³-hybridized carbons (Fsp3) is 0.368. The highest BCUT2D eigenvalue weighted by Crippen LogP contribution is 2.27. The van der Waals surface area contributed by atoms with Gasteiger partial charge in [-0.05, 0) is 34.9 Å². The van der Waals surface area contributed by atoms with Crippen molar-refractivity contribution in [3.63, 3.8) is 0 Å². The molecule has 1 atom stereocenters. The molecule has 0 radical (unpaired) electrons. The van der Waals surface area contributed by atoms with Gasteiger partial charge in [0.15, 0.2) is 0 Å². The third kappa shape index (κ3) is 3.49. The van der Waals surface area contributed by atoms with Gasteiger partial charge in [0.2, 0.25) is 0 Å². The van der Waals surface area contributed by atoms with Crippen molar-refractivity contribution >= 4 is 0 Å². The van der Waals surface area contributed by atoms with Gasteiger partial charge in [0.25, 0.3) is 0 Å². The summed E-state index contributed by atoms with van der Waals surface area (Å²) >= 11 is 0. The Bertz CT molecular complexity index is 525. The molecular formula is C19H25N. The first-order valence-corrected chi connectivity index (χ1v) is 7.43. The zero-order valence-corrected chi connectivity index (χ0v) is 12.8. The molecule has 0 heterocycles. The molecule has 0 amide bonds. The number of rotatable bonds is 5. The van der Waals surface area contributed by atoms with Crippen molar-refractivity contribution in [2.45, 2.75) is 45.1 Å². The van der Waals surface area contributed by atoms with Crippen LogP contribution in [-0.4, -0.2) is 0 Å². The molecule has 0 aliphatic rings. The molecule has 0 aliphatic carbocycles. The molecule has 0 bridgehead atoms. The Morgan fingerprint density at radius 2 is 1.55 bits per heavy atom. The average Bonchev–Trinajstić information content (AvgIpc) is 2.48. The van der Waals surface area contributed by atoms with E-state index in [1.807, 2.05) is 6.07 Å². The number of hydrogen-bond donors (Lipinski definition) is 1. The summed E-state index contributed by atoms with van der Waals surface area (Å²) in [6, 6.07) is 19.3. The lowest BCUT2D eigenvalue weighted by Crippen LogP contribution is -2.17. The van der Waals surface area contributed by atoms with Gasteiger partial charge in [-0.2, -0.15) is 0 Å². The molecule has 1 heteroatoms. The Kier molecular flexibility index (Phi) is 4.61. The summed E-state index contributed by atoms with van der Waals surface area (Å²) < 4.78 is 0. The van der Waals surface area contributed by atoms with Gasteiger partial charge in [0, 0.05) is 6.04 Å². The number of hydrogen-bond acceptors (Lipinski definition) is 1.